The molecule has 1 unspecified atom stereocenters. The number of aryl methyl sites for hydroxylation is 1. The molecule has 0 aliphatic carbocycles. The number of hydrogen-bond donors (Lipinski definition) is 1. The maximum atomic E-state index is 13.7. The van der Waals surface area contributed by atoms with Crippen molar-refractivity contribution in [2.45, 2.75) is 19.4 Å². The normalized spacial score (nSPS) is 12.5. The predicted octanol–water partition coefficient (Wildman–Crippen LogP) is 4.79. The molecule has 0 bridgehead atoms. The SMILES string of the molecule is Cc1cc(C(N)Cc2cc(Cl)ccc2F)ccc1Br. The summed E-state index contributed by atoms with van der Waals surface area (Å²) < 4.78 is 14.7. The van der Waals surface area contributed by atoms with Gasteiger partial charge in [0.1, 0.15) is 5.82 Å². The Balaban J connectivity index is 2.22. The molecule has 2 aromatic rings. The zero-order valence-corrected chi connectivity index (χ0v) is 12.8. The fraction of sp³-hybridized carbons (Fsp3) is 0.200. The second kappa shape index (κ2) is 6.04. The molecule has 2 aromatic carbocycles. The van der Waals surface area contributed by atoms with Crippen molar-refractivity contribution < 1.29 is 4.39 Å². The molecule has 2 rings (SSSR count). The fourth-order valence-corrected chi connectivity index (χ4v) is 2.39. The van der Waals surface area contributed by atoms with Crippen molar-refractivity contribution in [1.82, 2.24) is 0 Å². The van der Waals surface area contributed by atoms with Gasteiger partial charge in [-0.3, -0.25) is 0 Å². The topological polar surface area (TPSA) is 26.0 Å². The van der Waals surface area contributed by atoms with Gasteiger partial charge >= 0.3 is 0 Å². The van der Waals surface area contributed by atoms with Crippen LogP contribution in [-0.4, -0.2) is 0 Å². The van der Waals surface area contributed by atoms with E-state index in [1.165, 1.54) is 12.1 Å². The summed E-state index contributed by atoms with van der Waals surface area (Å²) in [6.45, 7) is 2.00. The molecule has 1 atom stereocenters. The van der Waals surface area contributed by atoms with Crippen LogP contribution in [-0.2, 0) is 6.42 Å². The number of rotatable bonds is 3. The van der Waals surface area contributed by atoms with E-state index >= 15 is 0 Å². The number of hydrogen-bond acceptors (Lipinski definition) is 1. The van der Waals surface area contributed by atoms with Gasteiger partial charge in [-0.25, -0.2) is 4.39 Å². The minimum atomic E-state index is -0.270. The Morgan fingerprint density at radius 2 is 2.00 bits per heavy atom. The average molecular weight is 343 g/mol. The van der Waals surface area contributed by atoms with Crippen LogP contribution in [0.15, 0.2) is 40.9 Å². The van der Waals surface area contributed by atoms with E-state index < -0.39 is 0 Å². The largest absolute Gasteiger partial charge is 0.324 e. The van der Waals surface area contributed by atoms with Crippen LogP contribution in [0.2, 0.25) is 5.02 Å². The molecule has 0 spiro atoms. The van der Waals surface area contributed by atoms with Gasteiger partial charge in [0.05, 0.1) is 0 Å². The van der Waals surface area contributed by atoms with Crippen LogP contribution >= 0.6 is 27.5 Å². The second-order valence-corrected chi connectivity index (χ2v) is 5.85. The molecule has 0 aliphatic heterocycles. The molecule has 0 aromatic heterocycles. The number of halogens is 3. The van der Waals surface area contributed by atoms with Crippen molar-refractivity contribution in [3.63, 3.8) is 0 Å². The first-order valence-corrected chi connectivity index (χ1v) is 7.10. The van der Waals surface area contributed by atoms with Gasteiger partial charge in [0.25, 0.3) is 0 Å². The lowest BCUT2D eigenvalue weighted by Crippen LogP contribution is -2.14. The molecule has 0 heterocycles. The highest BCUT2D eigenvalue weighted by Gasteiger charge is 2.11. The average Bonchev–Trinajstić information content (AvgIpc) is 2.37. The molecule has 0 radical (unpaired) electrons. The molecule has 0 fully saturated rings. The van der Waals surface area contributed by atoms with Gasteiger partial charge in [0.15, 0.2) is 0 Å². The van der Waals surface area contributed by atoms with Crippen molar-refractivity contribution >= 4 is 27.5 Å². The highest BCUT2D eigenvalue weighted by atomic mass is 79.9. The van der Waals surface area contributed by atoms with E-state index in [9.17, 15) is 4.39 Å². The van der Waals surface area contributed by atoms with Gasteiger partial charge in [-0.05, 0) is 54.3 Å². The van der Waals surface area contributed by atoms with Crippen LogP contribution in [0.5, 0.6) is 0 Å². The van der Waals surface area contributed by atoms with Crippen LogP contribution in [0.4, 0.5) is 4.39 Å². The summed E-state index contributed by atoms with van der Waals surface area (Å²) in [6, 6.07) is 10.2. The lowest BCUT2D eigenvalue weighted by Gasteiger charge is -2.14. The van der Waals surface area contributed by atoms with E-state index in [1.54, 1.807) is 6.07 Å². The van der Waals surface area contributed by atoms with E-state index in [0.29, 0.717) is 17.0 Å². The molecule has 1 nitrogen and oxygen atoms in total. The van der Waals surface area contributed by atoms with E-state index in [2.05, 4.69) is 15.9 Å². The van der Waals surface area contributed by atoms with Gasteiger partial charge in [-0.2, -0.15) is 0 Å². The number of benzene rings is 2. The van der Waals surface area contributed by atoms with E-state index in [-0.39, 0.29) is 11.9 Å². The highest BCUT2D eigenvalue weighted by molar-refractivity contribution is 9.10. The maximum Gasteiger partial charge on any atom is 0.126 e. The van der Waals surface area contributed by atoms with Crippen LogP contribution < -0.4 is 5.73 Å². The molecule has 100 valence electrons. The van der Waals surface area contributed by atoms with Gasteiger partial charge in [-0.1, -0.05) is 39.7 Å². The Kier molecular flexibility index (Phi) is 4.61. The summed E-state index contributed by atoms with van der Waals surface area (Å²) in [4.78, 5) is 0. The lowest BCUT2D eigenvalue weighted by molar-refractivity contribution is 0.593. The summed E-state index contributed by atoms with van der Waals surface area (Å²) >= 11 is 9.33. The van der Waals surface area contributed by atoms with E-state index in [4.69, 9.17) is 17.3 Å². The third kappa shape index (κ3) is 3.56. The Morgan fingerprint density at radius 1 is 1.26 bits per heavy atom. The fourth-order valence-electron chi connectivity index (χ4n) is 1.95. The zero-order valence-electron chi connectivity index (χ0n) is 10.5. The third-order valence-electron chi connectivity index (χ3n) is 3.06. The summed E-state index contributed by atoms with van der Waals surface area (Å²) in [5.41, 5.74) is 8.78. The first kappa shape index (κ1) is 14.5. The van der Waals surface area contributed by atoms with Crippen molar-refractivity contribution in [2.24, 2.45) is 5.73 Å². The number of nitrogens with two attached hydrogens (primary N) is 1. The van der Waals surface area contributed by atoms with E-state index in [1.807, 2.05) is 25.1 Å². The molecule has 2 N–H and O–H groups in total. The van der Waals surface area contributed by atoms with E-state index in [0.717, 1.165) is 15.6 Å². The minimum absolute atomic E-state index is 0.250. The first-order valence-electron chi connectivity index (χ1n) is 5.93. The standard InChI is InChI=1S/C15H14BrClFN/c1-9-6-10(2-4-13(9)16)15(19)8-11-7-12(17)3-5-14(11)18/h2-7,15H,8,19H2,1H3. The molecular weight excluding hydrogens is 329 g/mol. The Labute approximate surface area is 125 Å². The molecular formula is C15H14BrClFN. The summed E-state index contributed by atoms with van der Waals surface area (Å²) in [7, 11) is 0. The van der Waals surface area contributed by atoms with Crippen molar-refractivity contribution in [2.75, 3.05) is 0 Å². The first-order chi connectivity index (χ1) is 8.97. The second-order valence-electron chi connectivity index (χ2n) is 4.55. The van der Waals surface area contributed by atoms with Gasteiger partial charge < -0.3 is 5.73 Å². The van der Waals surface area contributed by atoms with Crippen LogP contribution in [0.1, 0.15) is 22.7 Å². The summed E-state index contributed by atoms with van der Waals surface area (Å²) in [5, 5.41) is 0.524. The Bertz CT molecular complexity index is 601. The molecule has 0 saturated heterocycles. The summed E-state index contributed by atoms with van der Waals surface area (Å²) in [5.74, 6) is -0.270. The van der Waals surface area contributed by atoms with Crippen molar-refractivity contribution in [3.8, 4) is 0 Å². The quantitative estimate of drug-likeness (QED) is 0.852. The molecule has 19 heavy (non-hydrogen) atoms. The van der Waals surface area contributed by atoms with Crippen LogP contribution in [0.3, 0.4) is 0 Å². The zero-order chi connectivity index (χ0) is 14.0. The van der Waals surface area contributed by atoms with Gasteiger partial charge in [0.2, 0.25) is 0 Å². The predicted molar refractivity (Wildman–Crippen MR) is 80.9 cm³/mol. The molecule has 0 amide bonds. The maximum absolute atomic E-state index is 13.7. The highest BCUT2D eigenvalue weighted by Crippen LogP contribution is 2.24. The molecule has 0 saturated carbocycles. The Hall–Kier alpha value is -0.900. The summed E-state index contributed by atoms with van der Waals surface area (Å²) in [6.07, 6.45) is 0.424. The van der Waals surface area contributed by atoms with Crippen molar-refractivity contribution in [3.05, 3.63) is 68.4 Å². The lowest BCUT2D eigenvalue weighted by atomic mass is 9.98. The monoisotopic (exact) mass is 341 g/mol. The smallest absolute Gasteiger partial charge is 0.126 e. The van der Waals surface area contributed by atoms with Crippen LogP contribution in [0.25, 0.3) is 0 Å². The van der Waals surface area contributed by atoms with Crippen LogP contribution in [0, 0.1) is 12.7 Å². The molecule has 0 aliphatic rings. The van der Waals surface area contributed by atoms with Gasteiger partial charge in [-0.15, -0.1) is 0 Å². The third-order valence-corrected chi connectivity index (χ3v) is 4.18. The van der Waals surface area contributed by atoms with Crippen molar-refractivity contribution in [1.29, 1.82) is 0 Å². The Morgan fingerprint density at radius 3 is 2.68 bits per heavy atom. The molecule has 4 heteroatoms. The minimum Gasteiger partial charge on any atom is -0.324 e. The van der Waals surface area contributed by atoms with Gasteiger partial charge in [0, 0.05) is 15.5 Å².